The van der Waals surface area contributed by atoms with Crippen LogP contribution in [0.1, 0.15) is 23.0 Å². The van der Waals surface area contributed by atoms with Crippen LogP contribution in [0.5, 0.6) is 0 Å². The van der Waals surface area contributed by atoms with E-state index in [2.05, 4.69) is 5.32 Å². The van der Waals surface area contributed by atoms with E-state index >= 15 is 0 Å². The summed E-state index contributed by atoms with van der Waals surface area (Å²) in [6.07, 6.45) is 0.381. The molecule has 0 saturated heterocycles. The molecule has 0 aliphatic rings. The van der Waals surface area contributed by atoms with E-state index < -0.39 is 23.8 Å². The van der Waals surface area contributed by atoms with Gasteiger partial charge in [0.25, 0.3) is 5.91 Å². The van der Waals surface area contributed by atoms with Gasteiger partial charge >= 0.3 is 5.97 Å². The number of aryl methyl sites for hydroxylation is 1. The molecule has 1 amide bonds. The average Bonchev–Trinajstić information content (AvgIpc) is 2.87. The molecule has 1 aromatic heterocycles. The molecular formula is C15H14FNO4. The van der Waals surface area contributed by atoms with E-state index in [1.54, 1.807) is 6.92 Å². The first-order valence-electron chi connectivity index (χ1n) is 6.29. The second-order valence-corrected chi connectivity index (χ2v) is 4.43. The summed E-state index contributed by atoms with van der Waals surface area (Å²) < 4.78 is 22.8. The lowest BCUT2D eigenvalue weighted by molar-refractivity contribution is -0.123. The highest BCUT2D eigenvalue weighted by atomic mass is 19.1. The zero-order chi connectivity index (χ0) is 15.4. The molecule has 2 rings (SSSR count). The van der Waals surface area contributed by atoms with Gasteiger partial charge in [-0.2, -0.15) is 0 Å². The third kappa shape index (κ3) is 3.68. The minimum Gasteiger partial charge on any atom is -0.469 e. The minimum absolute atomic E-state index is 0.274. The summed E-state index contributed by atoms with van der Waals surface area (Å²) in [6, 6.07) is 6.76. The number of anilines is 1. The number of rotatable bonds is 4. The summed E-state index contributed by atoms with van der Waals surface area (Å²) in [6.45, 7) is 3.08. The first-order chi connectivity index (χ1) is 9.97. The van der Waals surface area contributed by atoms with Crippen LogP contribution < -0.4 is 5.32 Å². The Morgan fingerprint density at radius 2 is 1.90 bits per heavy atom. The number of ether oxygens (including phenoxy) is 1. The van der Waals surface area contributed by atoms with Crippen molar-refractivity contribution in [2.75, 3.05) is 5.32 Å². The number of halogens is 1. The van der Waals surface area contributed by atoms with Crippen molar-refractivity contribution in [2.45, 2.75) is 20.0 Å². The van der Waals surface area contributed by atoms with Gasteiger partial charge in [0.15, 0.2) is 6.10 Å². The molecule has 110 valence electrons. The maximum atomic E-state index is 12.8. The standard InChI is InChI=1S/C15H14FNO4/c1-9-13(7-8-20-9)15(19)21-10(2)14(18)17-12-5-3-11(16)4-6-12/h3-8,10H,1-2H3,(H,17,18)/t10-/m0/s1. The number of amides is 1. The van der Waals surface area contributed by atoms with Crippen LogP contribution in [-0.2, 0) is 9.53 Å². The van der Waals surface area contributed by atoms with Crippen molar-refractivity contribution in [3.63, 3.8) is 0 Å². The van der Waals surface area contributed by atoms with Gasteiger partial charge in [0.1, 0.15) is 17.1 Å². The summed E-state index contributed by atoms with van der Waals surface area (Å²) in [5, 5.41) is 2.53. The van der Waals surface area contributed by atoms with Gasteiger partial charge < -0.3 is 14.5 Å². The number of carbonyl (C=O) groups excluding carboxylic acids is 2. The molecule has 0 unspecified atom stereocenters. The molecule has 21 heavy (non-hydrogen) atoms. The Hall–Kier alpha value is -2.63. The van der Waals surface area contributed by atoms with Crippen LogP contribution >= 0.6 is 0 Å². The van der Waals surface area contributed by atoms with E-state index in [1.165, 1.54) is 43.5 Å². The van der Waals surface area contributed by atoms with Gasteiger partial charge in [-0.1, -0.05) is 0 Å². The second-order valence-electron chi connectivity index (χ2n) is 4.43. The first kappa shape index (κ1) is 14.8. The lowest BCUT2D eigenvalue weighted by atomic mass is 10.2. The Bertz CT molecular complexity index is 648. The van der Waals surface area contributed by atoms with Gasteiger partial charge in [-0.05, 0) is 44.2 Å². The lowest BCUT2D eigenvalue weighted by Gasteiger charge is -2.13. The molecule has 0 radical (unpaired) electrons. The Morgan fingerprint density at radius 1 is 1.24 bits per heavy atom. The number of furan rings is 1. The Balaban J connectivity index is 1.95. The molecule has 0 aliphatic carbocycles. The van der Waals surface area contributed by atoms with Gasteiger partial charge in [-0.15, -0.1) is 0 Å². The first-order valence-corrected chi connectivity index (χ1v) is 6.29. The molecule has 6 heteroatoms. The van der Waals surface area contributed by atoms with Crippen LogP contribution in [0.15, 0.2) is 41.0 Å². The number of benzene rings is 1. The van der Waals surface area contributed by atoms with Gasteiger partial charge in [-0.3, -0.25) is 4.79 Å². The average molecular weight is 291 g/mol. The van der Waals surface area contributed by atoms with E-state index in [1.807, 2.05) is 0 Å². The quantitative estimate of drug-likeness (QED) is 0.879. The fourth-order valence-corrected chi connectivity index (χ4v) is 1.65. The van der Waals surface area contributed by atoms with Gasteiger partial charge in [0, 0.05) is 5.69 Å². The minimum atomic E-state index is -0.989. The molecule has 2 aromatic rings. The monoisotopic (exact) mass is 291 g/mol. The van der Waals surface area contributed by atoms with Crippen molar-refractivity contribution in [3.8, 4) is 0 Å². The zero-order valence-corrected chi connectivity index (χ0v) is 11.6. The molecule has 0 saturated carbocycles. The summed E-state index contributed by atoms with van der Waals surface area (Å²) in [7, 11) is 0. The Kier molecular flexibility index (Phi) is 4.37. The lowest BCUT2D eigenvalue weighted by Crippen LogP contribution is -2.30. The Morgan fingerprint density at radius 3 is 2.48 bits per heavy atom. The third-order valence-electron chi connectivity index (χ3n) is 2.84. The summed E-state index contributed by atoms with van der Waals surface area (Å²) in [5.41, 5.74) is 0.695. The van der Waals surface area contributed by atoms with Crippen molar-refractivity contribution in [1.82, 2.24) is 0 Å². The third-order valence-corrected chi connectivity index (χ3v) is 2.84. The van der Waals surface area contributed by atoms with Crippen molar-refractivity contribution in [3.05, 3.63) is 53.7 Å². The second kappa shape index (κ2) is 6.21. The molecule has 0 bridgehead atoms. The van der Waals surface area contributed by atoms with Gasteiger partial charge in [0.2, 0.25) is 0 Å². The number of nitrogens with one attached hydrogen (secondary N) is 1. The Labute approximate surface area is 120 Å². The summed E-state index contributed by atoms with van der Waals surface area (Å²) >= 11 is 0. The SMILES string of the molecule is Cc1occc1C(=O)O[C@@H](C)C(=O)Nc1ccc(F)cc1. The van der Waals surface area contributed by atoms with Gasteiger partial charge in [0.05, 0.1) is 6.26 Å². The molecule has 1 heterocycles. The van der Waals surface area contributed by atoms with Crippen molar-refractivity contribution >= 4 is 17.6 Å². The zero-order valence-electron chi connectivity index (χ0n) is 11.6. The van der Waals surface area contributed by atoms with E-state index in [0.717, 1.165) is 0 Å². The van der Waals surface area contributed by atoms with Crippen LogP contribution in [-0.4, -0.2) is 18.0 Å². The van der Waals surface area contributed by atoms with E-state index in [4.69, 9.17) is 9.15 Å². The molecule has 5 nitrogen and oxygen atoms in total. The largest absolute Gasteiger partial charge is 0.469 e. The molecular weight excluding hydrogens is 277 g/mol. The fraction of sp³-hybridized carbons (Fsp3) is 0.200. The van der Waals surface area contributed by atoms with Crippen molar-refractivity contribution in [2.24, 2.45) is 0 Å². The van der Waals surface area contributed by atoms with Crippen LogP contribution in [0.2, 0.25) is 0 Å². The highest BCUT2D eigenvalue weighted by molar-refractivity contribution is 5.97. The number of hydrogen-bond donors (Lipinski definition) is 1. The number of carbonyl (C=O) groups is 2. The highest BCUT2D eigenvalue weighted by Crippen LogP contribution is 2.13. The van der Waals surface area contributed by atoms with E-state index in [0.29, 0.717) is 11.4 Å². The normalized spacial score (nSPS) is 11.8. The van der Waals surface area contributed by atoms with E-state index in [9.17, 15) is 14.0 Å². The highest BCUT2D eigenvalue weighted by Gasteiger charge is 2.21. The predicted octanol–water partition coefficient (Wildman–Crippen LogP) is 2.91. The molecule has 0 fully saturated rings. The topological polar surface area (TPSA) is 68.5 Å². The molecule has 1 N–H and O–H groups in total. The van der Waals surface area contributed by atoms with Gasteiger partial charge in [-0.25, -0.2) is 9.18 Å². The molecule has 1 atom stereocenters. The van der Waals surface area contributed by atoms with Crippen LogP contribution in [0.4, 0.5) is 10.1 Å². The van der Waals surface area contributed by atoms with Crippen LogP contribution in [0.3, 0.4) is 0 Å². The predicted molar refractivity (Wildman–Crippen MR) is 73.4 cm³/mol. The van der Waals surface area contributed by atoms with E-state index in [-0.39, 0.29) is 5.56 Å². The maximum Gasteiger partial charge on any atom is 0.342 e. The maximum absolute atomic E-state index is 12.8. The molecule has 0 aliphatic heterocycles. The summed E-state index contributed by atoms with van der Waals surface area (Å²) in [5.74, 6) is -1.12. The van der Waals surface area contributed by atoms with Crippen LogP contribution in [0, 0.1) is 12.7 Å². The van der Waals surface area contributed by atoms with Crippen LogP contribution in [0.25, 0.3) is 0 Å². The number of hydrogen-bond acceptors (Lipinski definition) is 4. The summed E-state index contributed by atoms with van der Waals surface area (Å²) in [4.78, 5) is 23.7. The fourth-order valence-electron chi connectivity index (χ4n) is 1.65. The molecule has 0 spiro atoms. The number of esters is 1. The van der Waals surface area contributed by atoms with Crippen molar-refractivity contribution < 1.29 is 23.1 Å². The smallest absolute Gasteiger partial charge is 0.342 e. The van der Waals surface area contributed by atoms with Crippen molar-refractivity contribution in [1.29, 1.82) is 0 Å². The molecule has 1 aromatic carbocycles.